The molecule has 1 unspecified atom stereocenters. The minimum Gasteiger partial charge on any atom is -0.391 e. The van der Waals surface area contributed by atoms with Crippen LogP contribution in [0.1, 0.15) is 33.1 Å². The molecule has 4 heteroatoms. The molecule has 88 valence electrons. The van der Waals surface area contributed by atoms with Gasteiger partial charge in [-0.1, -0.05) is 6.92 Å². The highest BCUT2D eigenvalue weighted by molar-refractivity contribution is 5.78. The van der Waals surface area contributed by atoms with Gasteiger partial charge < -0.3 is 15.3 Å². The second kappa shape index (κ2) is 6.08. The summed E-state index contributed by atoms with van der Waals surface area (Å²) < 4.78 is 0. The topological polar surface area (TPSA) is 52.6 Å². The summed E-state index contributed by atoms with van der Waals surface area (Å²) in [4.78, 5) is 13.5. The van der Waals surface area contributed by atoms with Crippen molar-refractivity contribution in [3.05, 3.63) is 0 Å². The minimum atomic E-state index is -0.328. The van der Waals surface area contributed by atoms with Crippen molar-refractivity contribution in [1.82, 2.24) is 10.2 Å². The van der Waals surface area contributed by atoms with Crippen molar-refractivity contribution in [3.63, 3.8) is 0 Å². The summed E-state index contributed by atoms with van der Waals surface area (Å²) in [6.45, 7) is 5.84. The van der Waals surface area contributed by atoms with E-state index >= 15 is 0 Å². The van der Waals surface area contributed by atoms with Gasteiger partial charge >= 0.3 is 0 Å². The van der Waals surface area contributed by atoms with Gasteiger partial charge in [0.25, 0.3) is 0 Å². The summed E-state index contributed by atoms with van der Waals surface area (Å²) in [5.41, 5.74) is 0. The van der Waals surface area contributed by atoms with Crippen LogP contribution in [0, 0.1) is 0 Å². The molecule has 0 saturated carbocycles. The smallest absolute Gasteiger partial charge is 0.236 e. The Morgan fingerprint density at radius 3 is 3.00 bits per heavy atom. The summed E-state index contributed by atoms with van der Waals surface area (Å²) in [7, 11) is 0. The molecule has 0 radical (unpaired) electrons. The third-order valence-corrected chi connectivity index (χ3v) is 2.96. The molecule has 15 heavy (non-hydrogen) atoms. The van der Waals surface area contributed by atoms with Gasteiger partial charge in [-0.15, -0.1) is 0 Å². The number of aliphatic hydroxyl groups is 1. The Bertz CT molecular complexity index is 209. The van der Waals surface area contributed by atoms with Crippen molar-refractivity contribution < 1.29 is 9.90 Å². The predicted molar refractivity (Wildman–Crippen MR) is 59.6 cm³/mol. The zero-order chi connectivity index (χ0) is 11.3. The van der Waals surface area contributed by atoms with Crippen molar-refractivity contribution in [1.29, 1.82) is 0 Å². The summed E-state index contributed by atoms with van der Waals surface area (Å²) in [5.74, 6) is 0.106. The van der Waals surface area contributed by atoms with Crippen LogP contribution in [0.5, 0.6) is 0 Å². The van der Waals surface area contributed by atoms with Gasteiger partial charge in [0.15, 0.2) is 0 Å². The fraction of sp³-hybridized carbons (Fsp3) is 0.909. The van der Waals surface area contributed by atoms with E-state index in [1.54, 1.807) is 4.90 Å². The van der Waals surface area contributed by atoms with Gasteiger partial charge in [0, 0.05) is 19.1 Å². The van der Waals surface area contributed by atoms with E-state index < -0.39 is 0 Å². The van der Waals surface area contributed by atoms with E-state index in [-0.39, 0.29) is 12.0 Å². The molecule has 0 aromatic carbocycles. The maximum absolute atomic E-state index is 11.7. The Hall–Kier alpha value is -0.610. The molecular formula is C11H22N2O2. The Morgan fingerprint density at radius 1 is 1.67 bits per heavy atom. The van der Waals surface area contributed by atoms with Gasteiger partial charge in [-0.2, -0.15) is 0 Å². The van der Waals surface area contributed by atoms with Crippen molar-refractivity contribution in [3.8, 4) is 0 Å². The number of β-amino-alcohol motifs (C(OH)–C–C–N with tert-alkyl or cyclic N) is 1. The monoisotopic (exact) mass is 214 g/mol. The van der Waals surface area contributed by atoms with Gasteiger partial charge in [0.2, 0.25) is 5.91 Å². The first-order valence-electron chi connectivity index (χ1n) is 5.82. The molecule has 1 fully saturated rings. The Labute approximate surface area is 91.6 Å². The predicted octanol–water partition coefficient (Wildman–Crippen LogP) is 0.358. The number of aliphatic hydroxyl groups excluding tert-OH is 1. The summed E-state index contributed by atoms with van der Waals surface area (Å²) in [5, 5.41) is 12.6. The first kappa shape index (κ1) is 12.5. The lowest BCUT2D eigenvalue weighted by atomic mass is 10.1. The summed E-state index contributed by atoms with van der Waals surface area (Å²) >= 11 is 0. The van der Waals surface area contributed by atoms with E-state index in [9.17, 15) is 9.90 Å². The third-order valence-electron chi connectivity index (χ3n) is 2.96. The first-order valence-corrected chi connectivity index (χ1v) is 5.82. The van der Waals surface area contributed by atoms with Crippen molar-refractivity contribution in [2.24, 2.45) is 0 Å². The lowest BCUT2D eigenvalue weighted by molar-refractivity contribution is -0.133. The average molecular weight is 214 g/mol. The largest absolute Gasteiger partial charge is 0.391 e. The van der Waals surface area contributed by atoms with Crippen molar-refractivity contribution in [2.75, 3.05) is 19.6 Å². The number of nitrogens with zero attached hydrogens (tertiary/aromatic N) is 1. The Kier molecular flexibility index (Phi) is 5.05. The summed E-state index contributed by atoms with van der Waals surface area (Å²) in [6, 6.07) is 0.378. The molecule has 1 amide bonds. The highest BCUT2D eigenvalue weighted by atomic mass is 16.3. The Morgan fingerprint density at radius 2 is 2.40 bits per heavy atom. The van der Waals surface area contributed by atoms with Crippen molar-refractivity contribution in [2.45, 2.75) is 45.3 Å². The molecule has 0 aliphatic carbocycles. The second-order valence-electron chi connectivity index (χ2n) is 4.33. The van der Waals surface area contributed by atoms with Crippen LogP contribution in [0.4, 0.5) is 0 Å². The molecule has 1 aliphatic rings. The van der Waals surface area contributed by atoms with Gasteiger partial charge in [0.1, 0.15) is 0 Å². The number of piperidine rings is 1. The number of carbonyl (C=O) groups is 1. The molecule has 1 heterocycles. The quantitative estimate of drug-likeness (QED) is 0.710. The molecule has 0 spiro atoms. The van der Waals surface area contributed by atoms with Crippen LogP contribution in [0.15, 0.2) is 0 Å². The normalized spacial score (nSPS) is 23.9. The number of hydrogen-bond donors (Lipinski definition) is 2. The lowest BCUT2D eigenvalue weighted by Gasteiger charge is -2.30. The third kappa shape index (κ3) is 4.18. The fourth-order valence-corrected chi connectivity index (χ4v) is 1.70. The molecular weight excluding hydrogens is 192 g/mol. The van der Waals surface area contributed by atoms with Gasteiger partial charge in [0.05, 0.1) is 12.6 Å². The number of amides is 1. The maximum atomic E-state index is 11.7. The van der Waals surface area contributed by atoms with Crippen LogP contribution >= 0.6 is 0 Å². The van der Waals surface area contributed by atoms with E-state index in [4.69, 9.17) is 0 Å². The molecule has 2 atom stereocenters. The van der Waals surface area contributed by atoms with Crippen LogP contribution in [0.3, 0.4) is 0 Å². The minimum absolute atomic E-state index is 0.106. The summed E-state index contributed by atoms with van der Waals surface area (Å²) in [6.07, 6.45) is 2.43. The van der Waals surface area contributed by atoms with Gasteiger partial charge in [-0.3, -0.25) is 4.79 Å². The zero-order valence-corrected chi connectivity index (χ0v) is 9.70. The standard InChI is InChI=1S/C11H22N2O2/c1-3-9(2)12-7-11(15)13-6-4-5-10(14)8-13/h9-10,12,14H,3-8H2,1-2H3/t9?,10-/m0/s1. The van der Waals surface area contributed by atoms with Crippen molar-refractivity contribution >= 4 is 5.91 Å². The molecule has 0 aromatic heterocycles. The number of likely N-dealkylation sites (tertiary alicyclic amines) is 1. The van der Waals surface area contributed by atoms with E-state index in [0.29, 0.717) is 19.1 Å². The highest BCUT2D eigenvalue weighted by Gasteiger charge is 2.21. The molecule has 1 rings (SSSR count). The maximum Gasteiger partial charge on any atom is 0.236 e. The zero-order valence-electron chi connectivity index (χ0n) is 9.70. The lowest BCUT2D eigenvalue weighted by Crippen LogP contribution is -2.46. The van der Waals surface area contributed by atoms with E-state index in [0.717, 1.165) is 25.8 Å². The van der Waals surface area contributed by atoms with Gasteiger partial charge in [-0.25, -0.2) is 0 Å². The highest BCUT2D eigenvalue weighted by Crippen LogP contribution is 2.09. The first-order chi connectivity index (χ1) is 7.13. The average Bonchev–Trinajstić information content (AvgIpc) is 2.25. The van der Waals surface area contributed by atoms with Crippen LogP contribution in [0.25, 0.3) is 0 Å². The Balaban J connectivity index is 2.26. The number of hydrogen-bond acceptors (Lipinski definition) is 3. The van der Waals surface area contributed by atoms with E-state index in [1.165, 1.54) is 0 Å². The van der Waals surface area contributed by atoms with E-state index in [2.05, 4.69) is 19.2 Å². The van der Waals surface area contributed by atoms with E-state index in [1.807, 2.05) is 0 Å². The van der Waals surface area contributed by atoms with Crippen LogP contribution in [0.2, 0.25) is 0 Å². The van der Waals surface area contributed by atoms with Crippen LogP contribution in [-0.4, -0.2) is 47.7 Å². The molecule has 1 saturated heterocycles. The number of carbonyl (C=O) groups excluding carboxylic acids is 1. The molecule has 2 N–H and O–H groups in total. The molecule has 4 nitrogen and oxygen atoms in total. The van der Waals surface area contributed by atoms with Crippen LogP contribution in [-0.2, 0) is 4.79 Å². The van der Waals surface area contributed by atoms with Crippen LogP contribution < -0.4 is 5.32 Å². The number of rotatable bonds is 4. The molecule has 0 aromatic rings. The number of nitrogens with one attached hydrogen (secondary N) is 1. The molecule has 0 bridgehead atoms. The fourth-order valence-electron chi connectivity index (χ4n) is 1.70. The molecule has 1 aliphatic heterocycles. The second-order valence-corrected chi connectivity index (χ2v) is 4.33. The SMILES string of the molecule is CCC(C)NCC(=O)N1CCC[C@H](O)C1. The van der Waals surface area contributed by atoms with Gasteiger partial charge in [-0.05, 0) is 26.2 Å².